The second-order valence-electron chi connectivity index (χ2n) is 10.5. The molecular formula is C30H30F2N4O5S. The zero-order chi connectivity index (χ0) is 30.1. The molecule has 2 amide bonds. The molecule has 9 nitrogen and oxygen atoms in total. The first-order valence-corrected chi connectivity index (χ1v) is 15.2. The number of fused-ring (bicyclic) bond motifs is 1. The Balaban J connectivity index is 1.36. The third-order valence-electron chi connectivity index (χ3n) is 7.06. The first-order chi connectivity index (χ1) is 19.9. The Bertz CT molecular complexity index is 1720. The molecule has 42 heavy (non-hydrogen) atoms. The van der Waals surface area contributed by atoms with Crippen LogP contribution in [-0.2, 0) is 14.6 Å². The second-order valence-corrected chi connectivity index (χ2v) is 12.7. The number of alkyl halides is 2. The average molecular weight is 597 g/mol. The maximum atomic E-state index is 13.6. The van der Waals surface area contributed by atoms with Crippen molar-refractivity contribution in [2.24, 2.45) is 0 Å². The number of ether oxygens (including phenoxy) is 1. The van der Waals surface area contributed by atoms with Crippen LogP contribution in [0.25, 0.3) is 16.6 Å². The van der Waals surface area contributed by atoms with Crippen LogP contribution in [0, 0.1) is 0 Å². The van der Waals surface area contributed by atoms with E-state index in [1.807, 2.05) is 6.07 Å². The van der Waals surface area contributed by atoms with Crippen LogP contribution in [0.3, 0.4) is 0 Å². The van der Waals surface area contributed by atoms with E-state index in [1.165, 1.54) is 0 Å². The highest BCUT2D eigenvalue weighted by Crippen LogP contribution is 2.29. The van der Waals surface area contributed by atoms with Gasteiger partial charge in [-0.3, -0.25) is 9.59 Å². The van der Waals surface area contributed by atoms with Gasteiger partial charge in [-0.15, -0.1) is 0 Å². The molecule has 1 saturated heterocycles. The van der Waals surface area contributed by atoms with Gasteiger partial charge < -0.3 is 15.4 Å². The van der Waals surface area contributed by atoms with Crippen LogP contribution in [0.1, 0.15) is 42.3 Å². The number of carbonyl (C=O) groups excluding carboxylic acids is 2. The molecule has 0 radical (unpaired) electrons. The predicted molar refractivity (Wildman–Crippen MR) is 154 cm³/mol. The number of carbonyl (C=O) groups is 2. The summed E-state index contributed by atoms with van der Waals surface area (Å²) in [6.45, 7) is 2.15. The van der Waals surface area contributed by atoms with Crippen molar-refractivity contribution in [3.8, 4) is 11.4 Å². The number of hydrogen-bond donors (Lipinski definition) is 2. The summed E-state index contributed by atoms with van der Waals surface area (Å²) >= 11 is 0. The van der Waals surface area contributed by atoms with Crippen molar-refractivity contribution in [2.45, 2.75) is 44.4 Å². The van der Waals surface area contributed by atoms with Crippen LogP contribution in [0.15, 0.2) is 79.0 Å². The summed E-state index contributed by atoms with van der Waals surface area (Å²) < 4.78 is 58.5. The molecule has 0 spiro atoms. The van der Waals surface area contributed by atoms with E-state index in [9.17, 15) is 26.8 Å². The lowest BCUT2D eigenvalue weighted by atomic mass is 10.0. The van der Waals surface area contributed by atoms with Crippen molar-refractivity contribution in [3.63, 3.8) is 0 Å². The number of rotatable bonds is 9. The lowest BCUT2D eigenvalue weighted by Crippen LogP contribution is -2.46. The number of halogens is 2. The molecule has 3 atom stereocenters. The minimum Gasteiger partial charge on any atom is -0.484 e. The molecule has 1 aliphatic heterocycles. The zero-order valence-corrected chi connectivity index (χ0v) is 23.8. The summed E-state index contributed by atoms with van der Waals surface area (Å²) in [5, 5.41) is 10.3. The normalized spacial score (nSPS) is 17.9. The van der Waals surface area contributed by atoms with E-state index in [4.69, 9.17) is 4.74 Å². The zero-order valence-electron chi connectivity index (χ0n) is 23.0. The van der Waals surface area contributed by atoms with Crippen molar-refractivity contribution >= 4 is 32.6 Å². The summed E-state index contributed by atoms with van der Waals surface area (Å²) in [7, 11) is -3.12. The standard InChI is InChI=1S/C30H30F2N4O5S/c1-19(34-29(38)30(2,31)32)27(20-7-4-3-5-8-20)41-25-11-12-26-22(16-25)17-33-36(26)24-10-6-9-21(15-24)28(37)35-23-13-14-42(39,40)18-23/h3-12,15-17,19,23,27H,13-14,18H2,1-2H3,(H,34,38)(H,35,37)/t19-,23?,27-/m0/s1. The largest absolute Gasteiger partial charge is 0.484 e. The van der Waals surface area contributed by atoms with Crippen LogP contribution < -0.4 is 15.4 Å². The Morgan fingerprint density at radius 1 is 1.07 bits per heavy atom. The minimum absolute atomic E-state index is 0.0615. The Hall–Kier alpha value is -4.32. The van der Waals surface area contributed by atoms with Gasteiger partial charge in [-0.2, -0.15) is 13.9 Å². The second kappa shape index (κ2) is 11.5. The molecular weight excluding hydrogens is 566 g/mol. The Kier molecular flexibility index (Phi) is 8.00. The lowest BCUT2D eigenvalue weighted by Gasteiger charge is -2.27. The first kappa shape index (κ1) is 29.2. The average Bonchev–Trinajstić information content (AvgIpc) is 3.53. The van der Waals surface area contributed by atoms with Gasteiger partial charge >= 0.3 is 5.92 Å². The van der Waals surface area contributed by atoms with Gasteiger partial charge in [0.15, 0.2) is 9.84 Å². The van der Waals surface area contributed by atoms with Gasteiger partial charge in [0.25, 0.3) is 11.8 Å². The number of amides is 2. The third-order valence-corrected chi connectivity index (χ3v) is 8.83. The molecule has 0 saturated carbocycles. The summed E-state index contributed by atoms with van der Waals surface area (Å²) in [4.78, 5) is 24.8. The Labute approximate surface area is 241 Å². The fourth-order valence-electron chi connectivity index (χ4n) is 4.90. The molecule has 5 rings (SSSR count). The van der Waals surface area contributed by atoms with E-state index < -0.39 is 39.9 Å². The predicted octanol–water partition coefficient (Wildman–Crippen LogP) is 4.22. The third kappa shape index (κ3) is 6.59. The topological polar surface area (TPSA) is 119 Å². The number of aromatic nitrogens is 2. The number of nitrogens with zero attached hydrogens (tertiary/aromatic N) is 2. The molecule has 220 valence electrons. The fourth-order valence-corrected chi connectivity index (χ4v) is 6.58. The highest BCUT2D eigenvalue weighted by molar-refractivity contribution is 7.91. The number of nitrogens with one attached hydrogen (secondary N) is 2. The number of sulfone groups is 1. The van der Waals surface area contributed by atoms with E-state index >= 15 is 0 Å². The maximum absolute atomic E-state index is 13.6. The maximum Gasteiger partial charge on any atom is 0.321 e. The van der Waals surface area contributed by atoms with E-state index in [2.05, 4.69) is 15.7 Å². The van der Waals surface area contributed by atoms with Crippen LogP contribution >= 0.6 is 0 Å². The first-order valence-electron chi connectivity index (χ1n) is 13.4. The van der Waals surface area contributed by atoms with E-state index in [1.54, 1.807) is 84.5 Å². The molecule has 1 aromatic heterocycles. The summed E-state index contributed by atoms with van der Waals surface area (Å²) in [6.07, 6.45) is 1.28. The minimum atomic E-state index is -3.53. The Morgan fingerprint density at radius 3 is 2.52 bits per heavy atom. The van der Waals surface area contributed by atoms with Gasteiger partial charge in [0.05, 0.1) is 34.9 Å². The lowest BCUT2D eigenvalue weighted by molar-refractivity contribution is -0.144. The van der Waals surface area contributed by atoms with Gasteiger partial charge in [-0.25, -0.2) is 13.1 Å². The molecule has 1 unspecified atom stereocenters. The van der Waals surface area contributed by atoms with Gasteiger partial charge in [-0.1, -0.05) is 36.4 Å². The van der Waals surface area contributed by atoms with E-state index in [-0.39, 0.29) is 17.4 Å². The highest BCUT2D eigenvalue weighted by atomic mass is 32.2. The van der Waals surface area contributed by atoms with E-state index in [0.29, 0.717) is 35.9 Å². The molecule has 0 aliphatic carbocycles. The van der Waals surface area contributed by atoms with Crippen LogP contribution in [0.5, 0.6) is 5.75 Å². The van der Waals surface area contributed by atoms with Gasteiger partial charge in [0.2, 0.25) is 0 Å². The summed E-state index contributed by atoms with van der Waals surface area (Å²) in [5.74, 6) is -4.83. The Morgan fingerprint density at radius 2 is 1.83 bits per heavy atom. The van der Waals surface area contributed by atoms with Gasteiger partial charge in [0.1, 0.15) is 11.9 Å². The molecule has 0 bridgehead atoms. The van der Waals surface area contributed by atoms with Crippen molar-refractivity contribution in [2.75, 3.05) is 11.5 Å². The molecule has 3 aromatic carbocycles. The van der Waals surface area contributed by atoms with Crippen molar-refractivity contribution < 1.29 is 31.5 Å². The number of benzene rings is 3. The van der Waals surface area contributed by atoms with Crippen molar-refractivity contribution in [1.82, 2.24) is 20.4 Å². The van der Waals surface area contributed by atoms with E-state index in [0.717, 1.165) is 10.9 Å². The van der Waals surface area contributed by atoms with Crippen LogP contribution in [-0.4, -0.2) is 59.5 Å². The molecule has 2 heterocycles. The summed E-state index contributed by atoms with van der Waals surface area (Å²) in [5.41, 5.74) is 2.43. The van der Waals surface area contributed by atoms with Gasteiger partial charge in [0, 0.05) is 23.9 Å². The van der Waals surface area contributed by atoms with Crippen molar-refractivity contribution in [3.05, 3.63) is 90.1 Å². The van der Waals surface area contributed by atoms with Crippen LogP contribution in [0.4, 0.5) is 8.78 Å². The van der Waals surface area contributed by atoms with Crippen molar-refractivity contribution in [1.29, 1.82) is 0 Å². The van der Waals surface area contributed by atoms with Gasteiger partial charge in [-0.05, 0) is 55.3 Å². The smallest absolute Gasteiger partial charge is 0.321 e. The van der Waals surface area contributed by atoms with Crippen LogP contribution in [0.2, 0.25) is 0 Å². The quantitative estimate of drug-likeness (QED) is 0.299. The molecule has 12 heteroatoms. The molecule has 1 aliphatic rings. The molecule has 1 fully saturated rings. The monoisotopic (exact) mass is 596 g/mol. The highest BCUT2D eigenvalue weighted by Gasteiger charge is 2.35. The fraction of sp³-hybridized carbons (Fsp3) is 0.300. The summed E-state index contributed by atoms with van der Waals surface area (Å²) in [6, 6.07) is 19.9. The molecule has 4 aromatic rings. The number of hydrogen-bond acceptors (Lipinski definition) is 6. The SMILES string of the molecule is C[C@H](NC(=O)C(C)(F)F)[C@H](Oc1ccc2c(cnn2-c2cccc(C(=O)NC3CCS(=O)(=O)C3)c2)c1)c1ccccc1. The molecule has 2 N–H and O–H groups in total.